The molecule has 12 rings (SSSR count). The first kappa shape index (κ1) is 33.8. The first-order chi connectivity index (χ1) is 29.7. The zero-order valence-electron chi connectivity index (χ0n) is 32.3. The molecule has 60 heavy (non-hydrogen) atoms. The number of rotatable bonds is 5. The molecule has 0 N–H and O–H groups in total. The van der Waals surface area contributed by atoms with E-state index < -0.39 is 0 Å². The van der Waals surface area contributed by atoms with E-state index in [9.17, 15) is 5.26 Å². The number of hydrogen-bond donors (Lipinski definition) is 0. The molecule has 0 aliphatic carbocycles. The highest BCUT2D eigenvalue weighted by molar-refractivity contribution is 6.37. The third-order valence-corrected chi connectivity index (χ3v) is 12.0. The van der Waals surface area contributed by atoms with Crippen LogP contribution in [0, 0.1) is 11.3 Å². The van der Waals surface area contributed by atoms with Crippen molar-refractivity contribution in [3.63, 3.8) is 0 Å². The monoisotopic (exact) mass is 760 g/mol. The molecule has 0 unspecified atom stereocenters. The molecule has 0 saturated heterocycles. The number of nitrogens with zero attached hydrogens (tertiary/aromatic N) is 4. The standard InChI is InChI=1S/C56H32N4/c57-33-34-22-24-35(25-23-34)40-15-6-16-42(30-40)55-58-54(39-10-2-1-3-11-39)59-56(60-55)48-18-5-4-17-44(48)43-31-41-29-28-38-13-8-20-46-45-19-7-12-36-26-27-37-14-9-21-47(52(37)50(36)45)49(32-43)53(41)51(38)46/h1-32H. The number of benzene rings is 10. The second-order valence-corrected chi connectivity index (χ2v) is 15.5. The van der Waals surface area contributed by atoms with Crippen LogP contribution in [0.25, 0.3) is 121 Å². The molecule has 0 radical (unpaired) electrons. The molecule has 0 aliphatic rings. The van der Waals surface area contributed by atoms with Crippen LogP contribution in [-0.4, -0.2) is 15.0 Å². The van der Waals surface area contributed by atoms with Crippen molar-refractivity contribution in [3.05, 3.63) is 200 Å². The first-order valence-electron chi connectivity index (χ1n) is 20.2. The summed E-state index contributed by atoms with van der Waals surface area (Å²) in [6.07, 6.45) is 0. The van der Waals surface area contributed by atoms with Crippen LogP contribution in [0.3, 0.4) is 0 Å². The van der Waals surface area contributed by atoms with Gasteiger partial charge in [0.05, 0.1) is 11.6 Å². The van der Waals surface area contributed by atoms with Crippen molar-refractivity contribution in [2.75, 3.05) is 0 Å². The molecule has 0 fully saturated rings. The summed E-state index contributed by atoms with van der Waals surface area (Å²) < 4.78 is 0. The molecule has 4 nitrogen and oxygen atoms in total. The average Bonchev–Trinajstić information content (AvgIpc) is 3.32. The third-order valence-electron chi connectivity index (χ3n) is 12.0. The van der Waals surface area contributed by atoms with E-state index in [2.05, 4.69) is 133 Å². The van der Waals surface area contributed by atoms with Crippen molar-refractivity contribution in [3.8, 4) is 62.5 Å². The molecular weight excluding hydrogens is 729 g/mol. The summed E-state index contributed by atoms with van der Waals surface area (Å²) in [5.74, 6) is 1.79. The van der Waals surface area contributed by atoms with Crippen LogP contribution in [0.1, 0.15) is 5.56 Å². The van der Waals surface area contributed by atoms with E-state index in [1.165, 1.54) is 64.6 Å². The lowest BCUT2D eigenvalue weighted by Gasteiger charge is -2.18. The van der Waals surface area contributed by atoms with Crippen molar-refractivity contribution in [1.29, 1.82) is 5.26 Å². The van der Waals surface area contributed by atoms with Gasteiger partial charge >= 0.3 is 0 Å². The van der Waals surface area contributed by atoms with Gasteiger partial charge in [-0.1, -0.05) is 164 Å². The summed E-state index contributed by atoms with van der Waals surface area (Å²) in [5, 5.41) is 24.3. The maximum Gasteiger partial charge on any atom is 0.164 e. The van der Waals surface area contributed by atoms with Gasteiger partial charge in [-0.2, -0.15) is 5.26 Å². The molecule has 1 aromatic heterocycles. The van der Waals surface area contributed by atoms with E-state index in [1.807, 2.05) is 66.7 Å². The fraction of sp³-hybridized carbons (Fsp3) is 0. The molecule has 11 aromatic carbocycles. The number of hydrogen-bond acceptors (Lipinski definition) is 4. The fourth-order valence-corrected chi connectivity index (χ4v) is 9.29. The zero-order chi connectivity index (χ0) is 39.7. The quantitative estimate of drug-likeness (QED) is 0.164. The van der Waals surface area contributed by atoms with E-state index in [-0.39, 0.29) is 0 Å². The molecule has 0 spiro atoms. The molecule has 1 heterocycles. The Hall–Kier alpha value is -8.26. The lowest BCUT2D eigenvalue weighted by atomic mass is 9.86. The van der Waals surface area contributed by atoms with Crippen LogP contribution in [-0.2, 0) is 0 Å². The Morgan fingerprint density at radius 2 is 0.800 bits per heavy atom. The van der Waals surface area contributed by atoms with Crippen LogP contribution >= 0.6 is 0 Å². The van der Waals surface area contributed by atoms with Gasteiger partial charge in [0.2, 0.25) is 0 Å². The van der Waals surface area contributed by atoms with E-state index in [1.54, 1.807) is 0 Å². The second kappa shape index (κ2) is 13.4. The Kier molecular flexibility index (Phi) is 7.57. The van der Waals surface area contributed by atoms with Crippen molar-refractivity contribution >= 4 is 64.6 Å². The summed E-state index contributed by atoms with van der Waals surface area (Å²) in [5.41, 5.74) is 7.50. The van der Waals surface area contributed by atoms with Gasteiger partial charge in [-0.3, -0.25) is 0 Å². The third kappa shape index (κ3) is 5.34. The minimum Gasteiger partial charge on any atom is -0.208 e. The molecule has 12 aromatic rings. The zero-order valence-corrected chi connectivity index (χ0v) is 32.3. The molecule has 0 aliphatic heterocycles. The van der Waals surface area contributed by atoms with Crippen LogP contribution in [0.5, 0.6) is 0 Å². The first-order valence-corrected chi connectivity index (χ1v) is 20.2. The van der Waals surface area contributed by atoms with Crippen LogP contribution in [0.2, 0.25) is 0 Å². The SMILES string of the molecule is N#Cc1ccc(-c2cccc(-c3nc(-c4ccccc4)nc(-c4ccccc4-c4cc5ccc6cccc7c8cccc9ccc%10cccc(c(c4)c5c67)c%10c98)n3)c2)cc1. The molecular formula is C56H32N4. The van der Waals surface area contributed by atoms with E-state index in [4.69, 9.17) is 15.0 Å². The van der Waals surface area contributed by atoms with Gasteiger partial charge < -0.3 is 0 Å². The summed E-state index contributed by atoms with van der Waals surface area (Å²) in [7, 11) is 0. The van der Waals surface area contributed by atoms with E-state index >= 15 is 0 Å². The van der Waals surface area contributed by atoms with Crippen molar-refractivity contribution in [1.82, 2.24) is 15.0 Å². The molecule has 0 amide bonds. The second-order valence-electron chi connectivity index (χ2n) is 15.5. The van der Waals surface area contributed by atoms with Crippen LogP contribution in [0.15, 0.2) is 194 Å². The smallest absolute Gasteiger partial charge is 0.164 e. The van der Waals surface area contributed by atoms with E-state index in [0.29, 0.717) is 23.0 Å². The number of fused-ring (bicyclic) bond motifs is 2. The maximum atomic E-state index is 9.38. The highest BCUT2D eigenvalue weighted by atomic mass is 15.0. The molecule has 0 saturated carbocycles. The average molecular weight is 761 g/mol. The van der Waals surface area contributed by atoms with Crippen molar-refractivity contribution < 1.29 is 0 Å². The van der Waals surface area contributed by atoms with Crippen molar-refractivity contribution in [2.45, 2.75) is 0 Å². The Balaban J connectivity index is 1.12. The Morgan fingerprint density at radius 3 is 1.45 bits per heavy atom. The maximum absolute atomic E-state index is 9.38. The minimum absolute atomic E-state index is 0.586. The Bertz CT molecular complexity index is 3710. The molecule has 0 atom stereocenters. The summed E-state index contributed by atoms with van der Waals surface area (Å²) >= 11 is 0. The predicted molar refractivity (Wildman–Crippen MR) is 248 cm³/mol. The highest BCUT2D eigenvalue weighted by Crippen LogP contribution is 2.45. The summed E-state index contributed by atoms with van der Waals surface area (Å²) in [6.45, 7) is 0. The van der Waals surface area contributed by atoms with Gasteiger partial charge in [0, 0.05) is 16.7 Å². The van der Waals surface area contributed by atoms with Gasteiger partial charge in [-0.25, -0.2) is 15.0 Å². The fourth-order valence-electron chi connectivity index (χ4n) is 9.29. The largest absolute Gasteiger partial charge is 0.208 e. The summed E-state index contributed by atoms with van der Waals surface area (Å²) in [6, 6.07) is 70.7. The van der Waals surface area contributed by atoms with Gasteiger partial charge in [-0.05, 0) is 117 Å². The van der Waals surface area contributed by atoms with E-state index in [0.717, 1.165) is 38.9 Å². The summed E-state index contributed by atoms with van der Waals surface area (Å²) in [4.78, 5) is 15.5. The topological polar surface area (TPSA) is 62.5 Å². The lowest BCUT2D eigenvalue weighted by Crippen LogP contribution is -2.01. The number of aromatic nitrogens is 3. The van der Waals surface area contributed by atoms with Crippen LogP contribution < -0.4 is 0 Å². The van der Waals surface area contributed by atoms with Crippen molar-refractivity contribution in [2.24, 2.45) is 0 Å². The molecule has 0 bridgehead atoms. The van der Waals surface area contributed by atoms with Gasteiger partial charge in [0.25, 0.3) is 0 Å². The van der Waals surface area contributed by atoms with Gasteiger partial charge in [-0.15, -0.1) is 0 Å². The highest BCUT2D eigenvalue weighted by Gasteiger charge is 2.20. The molecule has 4 heteroatoms. The van der Waals surface area contributed by atoms with Gasteiger partial charge in [0.1, 0.15) is 0 Å². The normalized spacial score (nSPS) is 11.7. The van der Waals surface area contributed by atoms with Crippen LogP contribution in [0.4, 0.5) is 0 Å². The van der Waals surface area contributed by atoms with Gasteiger partial charge in [0.15, 0.2) is 17.5 Å². The molecule has 276 valence electrons. The Morgan fingerprint density at radius 1 is 0.300 bits per heavy atom. The lowest BCUT2D eigenvalue weighted by molar-refractivity contribution is 1.07. The number of nitriles is 1. The Labute approximate surface area is 345 Å². The minimum atomic E-state index is 0.586. The predicted octanol–water partition coefficient (Wildman–Crippen LogP) is 14.4.